The van der Waals surface area contributed by atoms with E-state index in [2.05, 4.69) is 39.8 Å². The molecule has 134 valence electrons. The number of fused-ring (bicyclic) bond motifs is 3. The van der Waals surface area contributed by atoms with Crippen LogP contribution in [-0.4, -0.2) is 12.6 Å². The van der Waals surface area contributed by atoms with E-state index in [1.807, 2.05) is 6.92 Å². The molecule has 0 aromatic carbocycles. The normalized spacial score (nSPS) is 38.8. The van der Waals surface area contributed by atoms with Crippen molar-refractivity contribution in [1.29, 1.82) is 0 Å². The maximum Gasteiger partial charge on any atom is 0.312 e. The Morgan fingerprint density at radius 1 is 1.33 bits per heavy atom. The third kappa shape index (κ3) is 2.66. The number of carbonyl (C=O) groups excluding carboxylic acids is 1. The number of rotatable bonds is 3. The average molecular weight is 331 g/mol. The van der Waals surface area contributed by atoms with Gasteiger partial charge in [0.2, 0.25) is 0 Å². The number of esters is 1. The minimum absolute atomic E-state index is 0.0343. The van der Waals surface area contributed by atoms with Crippen LogP contribution < -0.4 is 0 Å². The van der Waals surface area contributed by atoms with Crippen molar-refractivity contribution < 1.29 is 9.53 Å². The van der Waals surface area contributed by atoms with Crippen LogP contribution >= 0.6 is 0 Å². The average Bonchev–Trinajstić information content (AvgIpc) is 2.54. The second-order valence-electron chi connectivity index (χ2n) is 8.95. The smallest absolute Gasteiger partial charge is 0.312 e. The van der Waals surface area contributed by atoms with E-state index in [1.165, 1.54) is 19.3 Å². The first-order valence-corrected chi connectivity index (χ1v) is 9.90. The van der Waals surface area contributed by atoms with E-state index in [-0.39, 0.29) is 16.8 Å². The molecule has 1 fully saturated rings. The predicted octanol–water partition coefficient (Wildman–Crippen LogP) is 5.68. The maximum absolute atomic E-state index is 12.8. The van der Waals surface area contributed by atoms with Crippen LogP contribution in [0.3, 0.4) is 0 Å². The minimum atomic E-state index is -0.312. The molecule has 2 nitrogen and oxygen atoms in total. The molecule has 0 aliphatic heterocycles. The van der Waals surface area contributed by atoms with Gasteiger partial charge in [0.1, 0.15) is 0 Å². The lowest BCUT2D eigenvalue weighted by Crippen LogP contribution is -2.53. The first kappa shape index (κ1) is 17.8. The van der Waals surface area contributed by atoms with Gasteiger partial charge in [0.05, 0.1) is 12.0 Å². The van der Waals surface area contributed by atoms with E-state index in [9.17, 15) is 4.79 Å². The van der Waals surface area contributed by atoms with Gasteiger partial charge in [-0.2, -0.15) is 0 Å². The molecule has 24 heavy (non-hydrogen) atoms. The summed E-state index contributed by atoms with van der Waals surface area (Å²) in [5, 5.41) is 0. The Morgan fingerprint density at radius 2 is 2.08 bits per heavy atom. The zero-order valence-electron chi connectivity index (χ0n) is 16.2. The van der Waals surface area contributed by atoms with E-state index >= 15 is 0 Å². The Kier molecular flexibility index (Phi) is 4.70. The molecular weight excluding hydrogens is 296 g/mol. The lowest BCUT2D eigenvalue weighted by molar-refractivity contribution is -0.168. The Hall–Kier alpha value is -1.05. The quantitative estimate of drug-likeness (QED) is 0.622. The first-order chi connectivity index (χ1) is 11.3. The molecule has 4 atom stereocenters. The second kappa shape index (κ2) is 6.35. The van der Waals surface area contributed by atoms with Gasteiger partial charge >= 0.3 is 5.97 Å². The van der Waals surface area contributed by atoms with Crippen LogP contribution in [0.5, 0.6) is 0 Å². The van der Waals surface area contributed by atoms with E-state index in [0.717, 1.165) is 19.3 Å². The zero-order valence-corrected chi connectivity index (χ0v) is 16.2. The van der Waals surface area contributed by atoms with Crippen molar-refractivity contribution in [2.75, 3.05) is 6.61 Å². The molecule has 3 aliphatic rings. The molecule has 0 unspecified atom stereocenters. The summed E-state index contributed by atoms with van der Waals surface area (Å²) in [5.74, 6) is 1.72. The van der Waals surface area contributed by atoms with Crippen LogP contribution in [0.25, 0.3) is 0 Å². The highest BCUT2D eigenvalue weighted by Crippen LogP contribution is 2.62. The molecule has 3 aliphatic carbocycles. The minimum Gasteiger partial charge on any atom is -0.466 e. The number of carbonyl (C=O) groups is 1. The summed E-state index contributed by atoms with van der Waals surface area (Å²) in [6, 6.07) is 0. The molecule has 0 N–H and O–H groups in total. The topological polar surface area (TPSA) is 26.3 Å². The van der Waals surface area contributed by atoms with Gasteiger partial charge in [-0.3, -0.25) is 4.79 Å². The highest BCUT2D eigenvalue weighted by atomic mass is 16.5. The number of hydrogen-bond donors (Lipinski definition) is 0. The Bertz CT molecular complexity index is 571. The molecule has 0 spiro atoms. The highest BCUT2D eigenvalue weighted by molar-refractivity contribution is 5.77. The Morgan fingerprint density at radius 3 is 2.75 bits per heavy atom. The third-order valence-corrected chi connectivity index (χ3v) is 7.32. The van der Waals surface area contributed by atoms with Crippen LogP contribution in [0.2, 0.25) is 0 Å². The Labute approximate surface area is 147 Å². The summed E-state index contributed by atoms with van der Waals surface area (Å²) in [7, 11) is 0. The molecule has 0 radical (unpaired) electrons. The van der Waals surface area contributed by atoms with Crippen molar-refractivity contribution in [3.8, 4) is 0 Å². The van der Waals surface area contributed by atoms with Crippen molar-refractivity contribution in [2.24, 2.45) is 28.6 Å². The Balaban J connectivity index is 1.96. The lowest BCUT2D eigenvalue weighted by atomic mass is 9.47. The summed E-state index contributed by atoms with van der Waals surface area (Å²) < 4.78 is 5.49. The number of ether oxygens (including phenoxy) is 1. The number of hydrogen-bond acceptors (Lipinski definition) is 2. The second-order valence-corrected chi connectivity index (χ2v) is 8.95. The molecule has 0 amide bonds. The molecule has 2 heteroatoms. The largest absolute Gasteiger partial charge is 0.466 e. The van der Waals surface area contributed by atoms with Crippen molar-refractivity contribution >= 4 is 5.97 Å². The van der Waals surface area contributed by atoms with E-state index in [0.29, 0.717) is 24.4 Å². The zero-order chi connectivity index (χ0) is 17.5. The van der Waals surface area contributed by atoms with Gasteiger partial charge < -0.3 is 4.74 Å². The van der Waals surface area contributed by atoms with Crippen LogP contribution in [0.4, 0.5) is 0 Å². The molecule has 3 rings (SSSR count). The van der Waals surface area contributed by atoms with Crippen LogP contribution in [-0.2, 0) is 9.53 Å². The fourth-order valence-electron chi connectivity index (χ4n) is 5.88. The van der Waals surface area contributed by atoms with E-state index in [4.69, 9.17) is 4.74 Å². The molecule has 0 heterocycles. The van der Waals surface area contributed by atoms with Crippen LogP contribution in [0.1, 0.15) is 73.1 Å². The molecule has 0 saturated heterocycles. The van der Waals surface area contributed by atoms with Crippen molar-refractivity contribution in [1.82, 2.24) is 0 Å². The summed E-state index contributed by atoms with van der Waals surface area (Å²) in [6.45, 7) is 11.6. The summed E-state index contributed by atoms with van der Waals surface area (Å²) >= 11 is 0. The van der Waals surface area contributed by atoms with Crippen molar-refractivity contribution in [3.05, 3.63) is 23.3 Å². The van der Waals surface area contributed by atoms with Crippen LogP contribution in [0, 0.1) is 28.6 Å². The SMILES string of the molecule is CCOC(=O)[C@@]1(C)CCC[C@]2(C)[C@H]3CCC(C(C)C)=CC3=CC[C@@H]21. The van der Waals surface area contributed by atoms with Gasteiger partial charge in [0.15, 0.2) is 0 Å². The lowest BCUT2D eigenvalue weighted by Gasteiger charge is -2.57. The van der Waals surface area contributed by atoms with Crippen molar-refractivity contribution in [2.45, 2.75) is 73.1 Å². The molecule has 0 bridgehead atoms. The van der Waals surface area contributed by atoms with Gasteiger partial charge in [-0.15, -0.1) is 0 Å². The van der Waals surface area contributed by atoms with E-state index < -0.39 is 0 Å². The molecular formula is C22H34O2. The summed E-state index contributed by atoms with van der Waals surface area (Å²) in [5.41, 5.74) is 3.08. The van der Waals surface area contributed by atoms with Gasteiger partial charge in [-0.1, -0.05) is 44.9 Å². The fourth-order valence-corrected chi connectivity index (χ4v) is 5.88. The van der Waals surface area contributed by atoms with Gasteiger partial charge in [0, 0.05) is 0 Å². The van der Waals surface area contributed by atoms with Crippen LogP contribution in [0.15, 0.2) is 23.3 Å². The van der Waals surface area contributed by atoms with Gasteiger partial charge in [0.25, 0.3) is 0 Å². The summed E-state index contributed by atoms with van der Waals surface area (Å²) in [6.07, 6.45) is 11.8. The fraction of sp³-hybridized carbons (Fsp3) is 0.773. The predicted molar refractivity (Wildman–Crippen MR) is 98.5 cm³/mol. The molecule has 0 aromatic heterocycles. The van der Waals surface area contributed by atoms with E-state index in [1.54, 1.807) is 11.1 Å². The van der Waals surface area contributed by atoms with Crippen molar-refractivity contribution in [3.63, 3.8) is 0 Å². The molecule has 0 aromatic rings. The van der Waals surface area contributed by atoms with Gasteiger partial charge in [-0.05, 0) is 74.7 Å². The third-order valence-electron chi connectivity index (χ3n) is 7.32. The monoisotopic (exact) mass is 330 g/mol. The van der Waals surface area contributed by atoms with Gasteiger partial charge in [-0.25, -0.2) is 0 Å². The highest BCUT2D eigenvalue weighted by Gasteiger charge is 2.57. The molecule has 1 saturated carbocycles. The maximum atomic E-state index is 12.8. The standard InChI is InChI=1S/C22H34O2/c1-6-24-20(23)22(5)13-7-12-21(4)18-10-8-16(15(2)3)14-17(18)9-11-19(21)22/h9,14-15,18-19H,6-8,10-13H2,1-5H3/t18-,19-,21+,22-/m0/s1. The number of allylic oxidation sites excluding steroid dienone is 4. The summed E-state index contributed by atoms with van der Waals surface area (Å²) in [4.78, 5) is 12.8. The first-order valence-electron chi connectivity index (χ1n) is 9.90.